The minimum absolute atomic E-state index is 0.0336. The van der Waals surface area contributed by atoms with Crippen molar-refractivity contribution in [2.75, 3.05) is 13.2 Å². The average molecular weight is 375 g/mol. The van der Waals surface area contributed by atoms with Crippen molar-refractivity contribution in [3.8, 4) is 11.5 Å². The van der Waals surface area contributed by atoms with Gasteiger partial charge in [0, 0.05) is 6.04 Å². The quantitative estimate of drug-likeness (QED) is 0.605. The van der Waals surface area contributed by atoms with Crippen LogP contribution < -0.4 is 14.8 Å². The highest BCUT2D eigenvalue weighted by Crippen LogP contribution is 2.31. The SMILES string of the molecule is CCOc1ccc(C=C2NC(=S)N(C3CCCCC3)C2=O)cc1OCC. The highest BCUT2D eigenvalue weighted by atomic mass is 32.1. The average Bonchev–Trinajstić information content (AvgIpc) is 2.92. The number of amides is 1. The molecule has 140 valence electrons. The topological polar surface area (TPSA) is 50.8 Å². The first-order valence-corrected chi connectivity index (χ1v) is 9.80. The molecule has 1 N–H and O–H groups in total. The fourth-order valence-electron chi connectivity index (χ4n) is 3.54. The van der Waals surface area contributed by atoms with Crippen LogP contribution in [0.15, 0.2) is 23.9 Å². The standard InChI is InChI=1S/C20H26N2O3S/c1-3-24-17-11-10-14(13-18(17)25-4-2)12-16-19(23)22(20(26)21-16)15-8-6-5-7-9-15/h10-13,15H,3-9H2,1-2H3,(H,21,26). The minimum atomic E-state index is -0.0336. The van der Waals surface area contributed by atoms with Crippen molar-refractivity contribution in [1.82, 2.24) is 10.2 Å². The molecule has 5 nitrogen and oxygen atoms in total. The number of ether oxygens (including phenoxy) is 2. The van der Waals surface area contributed by atoms with Gasteiger partial charge in [-0.05, 0) is 62.7 Å². The van der Waals surface area contributed by atoms with Crippen molar-refractivity contribution in [1.29, 1.82) is 0 Å². The molecule has 26 heavy (non-hydrogen) atoms. The first-order chi connectivity index (χ1) is 12.6. The predicted octanol–water partition coefficient (Wildman–Crippen LogP) is 3.87. The van der Waals surface area contributed by atoms with Gasteiger partial charge in [0.05, 0.1) is 13.2 Å². The predicted molar refractivity (Wildman–Crippen MR) is 106 cm³/mol. The summed E-state index contributed by atoms with van der Waals surface area (Å²) < 4.78 is 11.3. The van der Waals surface area contributed by atoms with E-state index in [0.717, 1.165) is 31.2 Å². The summed E-state index contributed by atoms with van der Waals surface area (Å²) in [5.74, 6) is 1.36. The Morgan fingerprint density at radius 1 is 1.15 bits per heavy atom. The summed E-state index contributed by atoms with van der Waals surface area (Å²) in [6.45, 7) is 5.00. The third-order valence-electron chi connectivity index (χ3n) is 4.73. The smallest absolute Gasteiger partial charge is 0.276 e. The van der Waals surface area contributed by atoms with Crippen molar-refractivity contribution < 1.29 is 14.3 Å². The van der Waals surface area contributed by atoms with Gasteiger partial charge >= 0.3 is 0 Å². The zero-order chi connectivity index (χ0) is 18.5. The molecule has 1 amide bonds. The molecule has 1 aliphatic carbocycles. The number of hydrogen-bond donors (Lipinski definition) is 1. The lowest BCUT2D eigenvalue weighted by molar-refractivity contribution is -0.124. The molecule has 3 rings (SSSR count). The Balaban J connectivity index is 1.82. The van der Waals surface area contributed by atoms with Gasteiger partial charge in [0.15, 0.2) is 16.6 Å². The van der Waals surface area contributed by atoms with E-state index in [1.54, 1.807) is 4.90 Å². The molecular formula is C20H26N2O3S. The third-order valence-corrected chi connectivity index (χ3v) is 5.03. The fourth-order valence-corrected chi connectivity index (χ4v) is 3.89. The van der Waals surface area contributed by atoms with Crippen LogP contribution in [0.2, 0.25) is 0 Å². The maximum atomic E-state index is 12.9. The summed E-state index contributed by atoms with van der Waals surface area (Å²) in [7, 11) is 0. The molecule has 0 atom stereocenters. The van der Waals surface area contributed by atoms with Crippen molar-refractivity contribution in [3.63, 3.8) is 0 Å². The van der Waals surface area contributed by atoms with Crippen LogP contribution in [-0.2, 0) is 4.79 Å². The molecule has 0 unspecified atom stereocenters. The lowest BCUT2D eigenvalue weighted by Crippen LogP contribution is -2.41. The van der Waals surface area contributed by atoms with E-state index >= 15 is 0 Å². The van der Waals surface area contributed by atoms with Gasteiger partial charge in [-0.2, -0.15) is 0 Å². The maximum absolute atomic E-state index is 12.9. The molecule has 0 aromatic heterocycles. The van der Waals surface area contributed by atoms with Crippen LogP contribution in [0.5, 0.6) is 11.5 Å². The zero-order valence-electron chi connectivity index (χ0n) is 15.4. The monoisotopic (exact) mass is 374 g/mol. The van der Waals surface area contributed by atoms with Crippen molar-refractivity contribution in [2.24, 2.45) is 0 Å². The van der Waals surface area contributed by atoms with E-state index in [-0.39, 0.29) is 11.9 Å². The number of hydrogen-bond acceptors (Lipinski definition) is 4. The minimum Gasteiger partial charge on any atom is -0.490 e. The molecule has 1 aliphatic heterocycles. The molecule has 1 saturated heterocycles. The molecule has 1 saturated carbocycles. The first kappa shape index (κ1) is 18.7. The largest absolute Gasteiger partial charge is 0.490 e. The number of thiocarbonyl (C=S) groups is 1. The number of benzene rings is 1. The van der Waals surface area contributed by atoms with E-state index in [0.29, 0.717) is 35.5 Å². The molecular weight excluding hydrogens is 348 g/mol. The first-order valence-electron chi connectivity index (χ1n) is 9.40. The summed E-state index contributed by atoms with van der Waals surface area (Å²) >= 11 is 5.42. The normalized spacial score (nSPS) is 19.8. The van der Waals surface area contributed by atoms with E-state index in [4.69, 9.17) is 21.7 Å². The molecule has 1 heterocycles. The summed E-state index contributed by atoms with van der Waals surface area (Å²) in [4.78, 5) is 14.6. The zero-order valence-corrected chi connectivity index (χ0v) is 16.2. The number of nitrogens with zero attached hydrogens (tertiary/aromatic N) is 1. The molecule has 1 aromatic rings. The summed E-state index contributed by atoms with van der Waals surface area (Å²) in [6, 6.07) is 5.91. The molecule has 0 bridgehead atoms. The van der Waals surface area contributed by atoms with Gasteiger partial charge in [-0.1, -0.05) is 25.3 Å². The fraction of sp³-hybridized carbons (Fsp3) is 0.500. The molecule has 2 fully saturated rings. The second-order valence-electron chi connectivity index (χ2n) is 6.53. The molecule has 6 heteroatoms. The third kappa shape index (κ3) is 4.01. The highest BCUT2D eigenvalue weighted by Gasteiger charge is 2.36. The Morgan fingerprint density at radius 3 is 2.54 bits per heavy atom. The maximum Gasteiger partial charge on any atom is 0.276 e. The van der Waals surface area contributed by atoms with Crippen molar-refractivity contribution >= 4 is 29.3 Å². The van der Waals surface area contributed by atoms with Gasteiger partial charge in [-0.25, -0.2) is 0 Å². The molecule has 0 spiro atoms. The van der Waals surface area contributed by atoms with Crippen LogP contribution in [0.25, 0.3) is 6.08 Å². The second kappa shape index (κ2) is 8.54. The number of carbonyl (C=O) groups excluding carboxylic acids is 1. The number of rotatable bonds is 6. The summed E-state index contributed by atoms with van der Waals surface area (Å²) in [5, 5.41) is 3.61. The Hall–Kier alpha value is -2.08. The summed E-state index contributed by atoms with van der Waals surface area (Å²) in [5.41, 5.74) is 1.40. The summed E-state index contributed by atoms with van der Waals surface area (Å²) in [6.07, 6.45) is 7.44. The Morgan fingerprint density at radius 2 is 1.85 bits per heavy atom. The van der Waals surface area contributed by atoms with Gasteiger partial charge in [-0.3, -0.25) is 9.69 Å². The van der Waals surface area contributed by atoms with E-state index in [1.165, 1.54) is 6.42 Å². The lowest BCUT2D eigenvalue weighted by atomic mass is 9.94. The van der Waals surface area contributed by atoms with Gasteiger partial charge < -0.3 is 14.8 Å². The Bertz CT molecular complexity index is 711. The highest BCUT2D eigenvalue weighted by molar-refractivity contribution is 7.80. The van der Waals surface area contributed by atoms with Crippen LogP contribution in [0, 0.1) is 0 Å². The lowest BCUT2D eigenvalue weighted by Gasteiger charge is -2.29. The van der Waals surface area contributed by atoms with Crippen molar-refractivity contribution in [3.05, 3.63) is 29.5 Å². The second-order valence-corrected chi connectivity index (χ2v) is 6.91. The van der Waals surface area contributed by atoms with Crippen LogP contribution in [0.3, 0.4) is 0 Å². The van der Waals surface area contributed by atoms with Gasteiger partial charge in [0.25, 0.3) is 5.91 Å². The van der Waals surface area contributed by atoms with E-state index in [2.05, 4.69) is 5.32 Å². The molecule has 2 aliphatic rings. The Labute approximate surface area is 160 Å². The molecule has 0 radical (unpaired) electrons. The van der Waals surface area contributed by atoms with E-state index in [1.807, 2.05) is 38.1 Å². The number of carbonyl (C=O) groups is 1. The van der Waals surface area contributed by atoms with Crippen LogP contribution in [0.1, 0.15) is 51.5 Å². The van der Waals surface area contributed by atoms with Crippen molar-refractivity contribution in [2.45, 2.75) is 52.0 Å². The van der Waals surface area contributed by atoms with E-state index < -0.39 is 0 Å². The molecule has 1 aromatic carbocycles. The van der Waals surface area contributed by atoms with Gasteiger partial charge in [-0.15, -0.1) is 0 Å². The Kier molecular flexibility index (Phi) is 6.14. The van der Waals surface area contributed by atoms with Gasteiger partial charge in [0.1, 0.15) is 5.70 Å². The number of nitrogens with one attached hydrogen (secondary N) is 1. The van der Waals surface area contributed by atoms with Crippen LogP contribution in [-0.4, -0.2) is 35.2 Å². The van der Waals surface area contributed by atoms with Crippen LogP contribution in [0.4, 0.5) is 0 Å². The van der Waals surface area contributed by atoms with Crippen LogP contribution >= 0.6 is 12.2 Å². The van der Waals surface area contributed by atoms with Gasteiger partial charge in [0.2, 0.25) is 0 Å². The van der Waals surface area contributed by atoms with E-state index in [9.17, 15) is 4.79 Å².